The monoisotopic (exact) mass is 266 g/mol. The molecule has 0 saturated heterocycles. The van der Waals surface area contributed by atoms with Gasteiger partial charge in [-0.05, 0) is 23.3 Å². The Morgan fingerprint density at radius 2 is 2.11 bits per heavy atom. The van der Waals surface area contributed by atoms with E-state index in [0.717, 1.165) is 6.54 Å². The molecule has 2 aromatic rings. The molecule has 19 heavy (non-hydrogen) atoms. The summed E-state index contributed by atoms with van der Waals surface area (Å²) in [5.41, 5.74) is 3.80. The number of nitrogens with one attached hydrogen (secondary N) is 1. The second kappa shape index (κ2) is 4.51. The van der Waals surface area contributed by atoms with Gasteiger partial charge in [0.05, 0.1) is 11.7 Å². The highest BCUT2D eigenvalue weighted by molar-refractivity contribution is 8.00. The largest absolute Gasteiger partial charge is 0.303 e. The molecular weight excluding hydrogens is 252 g/mol. The molecule has 3 heteroatoms. The topological polar surface area (TPSA) is 24.9 Å². The molecule has 2 atom stereocenters. The molecule has 1 aliphatic carbocycles. The number of benzene rings is 1. The van der Waals surface area contributed by atoms with Crippen molar-refractivity contribution in [2.24, 2.45) is 0 Å². The van der Waals surface area contributed by atoms with Crippen LogP contribution >= 0.6 is 11.8 Å². The summed E-state index contributed by atoms with van der Waals surface area (Å²) in [5.74, 6) is 0. The number of pyridine rings is 1. The number of hydrogen-bond donors (Lipinski definition) is 1. The summed E-state index contributed by atoms with van der Waals surface area (Å²) >= 11 is 1.94. The van der Waals surface area contributed by atoms with Crippen LogP contribution in [0.25, 0.3) is 6.08 Å². The van der Waals surface area contributed by atoms with Gasteiger partial charge < -0.3 is 5.32 Å². The van der Waals surface area contributed by atoms with Crippen molar-refractivity contribution in [3.8, 4) is 0 Å². The maximum atomic E-state index is 4.58. The molecule has 0 spiro atoms. The van der Waals surface area contributed by atoms with E-state index in [0.29, 0.717) is 11.3 Å². The molecule has 94 valence electrons. The van der Waals surface area contributed by atoms with Crippen LogP contribution in [-0.4, -0.2) is 10.2 Å². The van der Waals surface area contributed by atoms with Crippen LogP contribution in [0.4, 0.5) is 0 Å². The van der Waals surface area contributed by atoms with Crippen molar-refractivity contribution in [3.05, 3.63) is 65.5 Å². The molecule has 2 unspecified atom stereocenters. The van der Waals surface area contributed by atoms with Gasteiger partial charge in [0, 0.05) is 22.9 Å². The molecule has 2 aliphatic rings. The molecule has 1 aromatic carbocycles. The van der Waals surface area contributed by atoms with Gasteiger partial charge in [-0.3, -0.25) is 4.98 Å². The minimum Gasteiger partial charge on any atom is -0.303 e. The third kappa shape index (κ3) is 1.90. The summed E-state index contributed by atoms with van der Waals surface area (Å²) in [5, 5.41) is 4.08. The van der Waals surface area contributed by atoms with Crippen molar-refractivity contribution in [1.29, 1.82) is 0 Å². The van der Waals surface area contributed by atoms with Gasteiger partial charge in [-0.2, -0.15) is 0 Å². The Balaban J connectivity index is 1.77. The first kappa shape index (κ1) is 11.3. The Morgan fingerprint density at radius 3 is 3.11 bits per heavy atom. The van der Waals surface area contributed by atoms with Gasteiger partial charge in [0.2, 0.25) is 0 Å². The third-order valence-corrected chi connectivity index (χ3v) is 5.06. The van der Waals surface area contributed by atoms with Crippen molar-refractivity contribution >= 4 is 17.8 Å². The minimum atomic E-state index is 0.304. The Morgan fingerprint density at radius 1 is 1.16 bits per heavy atom. The first-order valence-corrected chi connectivity index (χ1v) is 7.41. The summed E-state index contributed by atoms with van der Waals surface area (Å²) in [6, 6.07) is 13.1. The summed E-state index contributed by atoms with van der Waals surface area (Å²) in [6.07, 6.45) is 6.39. The standard InChI is InChI=1S/C16H14N2S/c1-2-6-13-12(4-1)10-18-16-14(19-13)8-7-11-5-3-9-17-15(11)16/h1-9,14,16,18H,10H2. The first-order chi connectivity index (χ1) is 9.42. The third-order valence-electron chi connectivity index (χ3n) is 3.71. The van der Waals surface area contributed by atoms with E-state index in [1.807, 2.05) is 24.0 Å². The maximum absolute atomic E-state index is 4.58. The fraction of sp³-hybridized carbons (Fsp3) is 0.188. The fourth-order valence-electron chi connectivity index (χ4n) is 2.75. The van der Waals surface area contributed by atoms with Crippen molar-refractivity contribution in [3.63, 3.8) is 0 Å². The Bertz CT molecular complexity index is 651. The second-order valence-electron chi connectivity index (χ2n) is 4.89. The molecule has 0 saturated carbocycles. The number of thioether (sulfide) groups is 1. The van der Waals surface area contributed by atoms with Crippen molar-refractivity contribution in [2.75, 3.05) is 0 Å². The highest BCUT2D eigenvalue weighted by Crippen LogP contribution is 2.40. The van der Waals surface area contributed by atoms with E-state index in [9.17, 15) is 0 Å². The lowest BCUT2D eigenvalue weighted by molar-refractivity contribution is 0.534. The lowest BCUT2D eigenvalue weighted by atomic mass is 9.97. The van der Waals surface area contributed by atoms with Crippen molar-refractivity contribution < 1.29 is 0 Å². The Labute approximate surface area is 117 Å². The average Bonchev–Trinajstić information content (AvgIpc) is 2.66. The smallest absolute Gasteiger partial charge is 0.0663 e. The average molecular weight is 266 g/mol. The van der Waals surface area contributed by atoms with Crippen LogP contribution in [-0.2, 0) is 6.54 Å². The molecule has 1 N–H and O–H groups in total. The molecule has 4 rings (SSSR count). The molecule has 2 heterocycles. The van der Waals surface area contributed by atoms with E-state index in [1.54, 1.807) is 0 Å². The van der Waals surface area contributed by atoms with Crippen LogP contribution in [0, 0.1) is 0 Å². The van der Waals surface area contributed by atoms with Gasteiger partial charge in [0.25, 0.3) is 0 Å². The minimum absolute atomic E-state index is 0.304. The van der Waals surface area contributed by atoms with Crippen LogP contribution in [0.5, 0.6) is 0 Å². The van der Waals surface area contributed by atoms with E-state index in [4.69, 9.17) is 0 Å². The zero-order valence-electron chi connectivity index (χ0n) is 10.4. The van der Waals surface area contributed by atoms with E-state index in [1.165, 1.54) is 21.7 Å². The van der Waals surface area contributed by atoms with Crippen LogP contribution in [0.2, 0.25) is 0 Å². The molecular formula is C16H14N2S. The zero-order chi connectivity index (χ0) is 12.7. The molecule has 0 radical (unpaired) electrons. The Hall–Kier alpha value is -1.58. The molecule has 1 aromatic heterocycles. The molecule has 0 fully saturated rings. The van der Waals surface area contributed by atoms with E-state index in [2.05, 4.69) is 52.8 Å². The molecule has 0 bridgehead atoms. The Kier molecular flexibility index (Phi) is 2.67. The number of nitrogens with zero attached hydrogens (tertiary/aromatic N) is 1. The van der Waals surface area contributed by atoms with Gasteiger partial charge in [0.1, 0.15) is 0 Å². The quantitative estimate of drug-likeness (QED) is 0.791. The van der Waals surface area contributed by atoms with Crippen LogP contribution in [0.15, 0.2) is 53.6 Å². The fourth-order valence-corrected chi connectivity index (χ4v) is 4.01. The zero-order valence-corrected chi connectivity index (χ0v) is 11.2. The van der Waals surface area contributed by atoms with Gasteiger partial charge in [-0.1, -0.05) is 36.4 Å². The predicted molar refractivity (Wildman–Crippen MR) is 78.9 cm³/mol. The molecule has 0 amide bonds. The lowest BCUT2D eigenvalue weighted by Crippen LogP contribution is -2.30. The molecule has 1 aliphatic heterocycles. The highest BCUT2D eigenvalue weighted by atomic mass is 32.2. The van der Waals surface area contributed by atoms with Crippen LogP contribution in [0.3, 0.4) is 0 Å². The normalized spacial score (nSPS) is 24.0. The van der Waals surface area contributed by atoms with E-state index < -0.39 is 0 Å². The van der Waals surface area contributed by atoms with Crippen LogP contribution < -0.4 is 5.32 Å². The first-order valence-electron chi connectivity index (χ1n) is 6.53. The summed E-state index contributed by atoms with van der Waals surface area (Å²) in [7, 11) is 0. The summed E-state index contributed by atoms with van der Waals surface area (Å²) in [4.78, 5) is 5.96. The molecule has 2 nitrogen and oxygen atoms in total. The van der Waals surface area contributed by atoms with Crippen LogP contribution in [0.1, 0.15) is 22.9 Å². The van der Waals surface area contributed by atoms with Gasteiger partial charge in [-0.15, -0.1) is 11.8 Å². The number of hydrogen-bond acceptors (Lipinski definition) is 3. The van der Waals surface area contributed by atoms with Gasteiger partial charge >= 0.3 is 0 Å². The summed E-state index contributed by atoms with van der Waals surface area (Å²) in [6.45, 7) is 0.911. The van der Waals surface area contributed by atoms with Gasteiger partial charge in [0.15, 0.2) is 0 Å². The van der Waals surface area contributed by atoms with Gasteiger partial charge in [-0.25, -0.2) is 0 Å². The second-order valence-corrected chi connectivity index (χ2v) is 6.11. The highest BCUT2D eigenvalue weighted by Gasteiger charge is 2.30. The number of fused-ring (bicyclic) bond motifs is 4. The van der Waals surface area contributed by atoms with Crippen molar-refractivity contribution in [2.45, 2.75) is 22.7 Å². The SMILES string of the molecule is C1=CC2Sc3ccccc3CNC2c2ncccc21. The van der Waals surface area contributed by atoms with Crippen molar-refractivity contribution in [1.82, 2.24) is 10.3 Å². The predicted octanol–water partition coefficient (Wildman–Crippen LogP) is 3.41. The number of aromatic nitrogens is 1. The van der Waals surface area contributed by atoms with E-state index >= 15 is 0 Å². The van der Waals surface area contributed by atoms with E-state index in [-0.39, 0.29) is 0 Å². The lowest BCUT2D eigenvalue weighted by Gasteiger charge is -2.27. The summed E-state index contributed by atoms with van der Waals surface area (Å²) < 4.78 is 0. The maximum Gasteiger partial charge on any atom is 0.0663 e. The number of rotatable bonds is 0.